The van der Waals surface area contributed by atoms with Gasteiger partial charge in [-0.25, -0.2) is 0 Å². The number of hydrogen-bond acceptors (Lipinski definition) is 2. The van der Waals surface area contributed by atoms with E-state index in [9.17, 15) is 0 Å². The van der Waals surface area contributed by atoms with Crippen molar-refractivity contribution in [2.45, 2.75) is 0 Å². The molecule has 0 saturated carbocycles. The standard InChI is InChI=1S/C12H8BClO2/c14-10-5-3-4-9(8-10)13-15-11-6-1-2-7-12(11)16-13/h1-8H. The third-order valence-electron chi connectivity index (χ3n) is 2.44. The molecular weight excluding hydrogens is 222 g/mol. The van der Waals surface area contributed by atoms with E-state index in [4.69, 9.17) is 20.9 Å². The van der Waals surface area contributed by atoms with Gasteiger partial charge in [-0.2, -0.15) is 0 Å². The van der Waals surface area contributed by atoms with Crippen molar-refractivity contribution in [3.05, 3.63) is 53.6 Å². The molecular formula is C12H8BClO2. The Balaban J connectivity index is 1.91. The van der Waals surface area contributed by atoms with Gasteiger partial charge in [-0.3, -0.25) is 0 Å². The predicted molar refractivity (Wildman–Crippen MR) is 64.5 cm³/mol. The lowest BCUT2D eigenvalue weighted by Crippen LogP contribution is -2.38. The fraction of sp³-hybridized carbons (Fsp3) is 0. The molecule has 0 aliphatic carbocycles. The van der Waals surface area contributed by atoms with Gasteiger partial charge in [-0.1, -0.05) is 35.9 Å². The molecule has 0 saturated heterocycles. The van der Waals surface area contributed by atoms with E-state index in [0.717, 1.165) is 17.0 Å². The third kappa shape index (κ3) is 1.63. The van der Waals surface area contributed by atoms with Gasteiger partial charge in [-0.05, 0) is 24.3 Å². The zero-order valence-corrected chi connectivity index (χ0v) is 9.15. The molecule has 2 nitrogen and oxygen atoms in total. The quantitative estimate of drug-likeness (QED) is 0.701. The van der Waals surface area contributed by atoms with Crippen molar-refractivity contribution in [1.82, 2.24) is 0 Å². The van der Waals surface area contributed by atoms with Crippen LogP contribution in [0, 0.1) is 0 Å². The molecule has 0 amide bonds. The molecule has 1 aliphatic rings. The van der Waals surface area contributed by atoms with Crippen molar-refractivity contribution in [3.63, 3.8) is 0 Å². The second-order valence-corrected chi connectivity index (χ2v) is 4.01. The second-order valence-electron chi connectivity index (χ2n) is 3.57. The maximum Gasteiger partial charge on any atom is 0.632 e. The van der Waals surface area contributed by atoms with E-state index in [-0.39, 0.29) is 0 Å². The largest absolute Gasteiger partial charge is 0.632 e. The summed E-state index contributed by atoms with van der Waals surface area (Å²) in [6, 6.07) is 15.1. The molecule has 0 N–H and O–H groups in total. The summed E-state index contributed by atoms with van der Waals surface area (Å²) in [5, 5.41) is 0.681. The summed E-state index contributed by atoms with van der Waals surface area (Å²) in [6.45, 7) is 0. The molecule has 4 heteroatoms. The lowest BCUT2D eigenvalue weighted by atomic mass is 9.79. The van der Waals surface area contributed by atoms with Gasteiger partial charge in [-0.15, -0.1) is 0 Å². The van der Waals surface area contributed by atoms with Crippen molar-refractivity contribution in [3.8, 4) is 11.5 Å². The average molecular weight is 230 g/mol. The normalized spacial score (nSPS) is 12.9. The number of rotatable bonds is 1. The van der Waals surface area contributed by atoms with Crippen LogP contribution < -0.4 is 14.8 Å². The van der Waals surface area contributed by atoms with Gasteiger partial charge < -0.3 is 9.31 Å². The maximum atomic E-state index is 5.92. The molecule has 0 radical (unpaired) electrons. The molecule has 78 valence electrons. The molecule has 1 aliphatic heterocycles. The summed E-state index contributed by atoms with van der Waals surface area (Å²) in [4.78, 5) is 0. The summed E-state index contributed by atoms with van der Waals surface area (Å²) >= 11 is 5.92. The highest BCUT2D eigenvalue weighted by atomic mass is 35.5. The Morgan fingerprint density at radius 1 is 0.875 bits per heavy atom. The van der Waals surface area contributed by atoms with Crippen LogP contribution in [0.2, 0.25) is 5.02 Å². The van der Waals surface area contributed by atoms with Crippen LogP contribution >= 0.6 is 11.6 Å². The molecule has 3 rings (SSSR count). The van der Waals surface area contributed by atoms with Crippen LogP contribution in [0.5, 0.6) is 11.5 Å². The van der Waals surface area contributed by atoms with Crippen LogP contribution in [0.15, 0.2) is 48.5 Å². The van der Waals surface area contributed by atoms with Gasteiger partial charge >= 0.3 is 7.12 Å². The van der Waals surface area contributed by atoms with Crippen LogP contribution in [0.1, 0.15) is 0 Å². The lowest BCUT2D eigenvalue weighted by Gasteiger charge is -2.04. The van der Waals surface area contributed by atoms with Crippen molar-refractivity contribution in [2.75, 3.05) is 0 Å². The Hall–Kier alpha value is -1.61. The Bertz CT molecular complexity index is 505. The zero-order chi connectivity index (χ0) is 11.0. The number of halogens is 1. The molecule has 2 aromatic rings. The Morgan fingerprint density at radius 2 is 1.56 bits per heavy atom. The van der Waals surface area contributed by atoms with E-state index in [1.165, 1.54) is 0 Å². The van der Waals surface area contributed by atoms with Crippen molar-refractivity contribution >= 4 is 24.2 Å². The fourth-order valence-electron chi connectivity index (χ4n) is 1.69. The maximum absolute atomic E-state index is 5.92. The monoisotopic (exact) mass is 230 g/mol. The first-order chi connectivity index (χ1) is 7.83. The predicted octanol–water partition coefficient (Wildman–Crippen LogP) is 2.51. The van der Waals surface area contributed by atoms with Crippen LogP contribution in [-0.4, -0.2) is 7.12 Å². The Labute approximate surface area is 98.9 Å². The summed E-state index contributed by atoms with van der Waals surface area (Å²) in [7, 11) is -0.393. The minimum atomic E-state index is -0.393. The zero-order valence-electron chi connectivity index (χ0n) is 8.39. The van der Waals surface area contributed by atoms with Gasteiger partial charge in [0, 0.05) is 10.5 Å². The van der Waals surface area contributed by atoms with Crippen molar-refractivity contribution in [1.29, 1.82) is 0 Å². The molecule has 0 bridgehead atoms. The first-order valence-corrected chi connectivity index (χ1v) is 5.38. The smallest absolute Gasteiger partial charge is 0.519 e. The molecule has 0 unspecified atom stereocenters. The molecule has 1 heterocycles. The van der Waals surface area contributed by atoms with E-state index in [0.29, 0.717) is 5.02 Å². The number of hydrogen-bond donors (Lipinski definition) is 0. The van der Waals surface area contributed by atoms with E-state index < -0.39 is 7.12 Å². The molecule has 0 aromatic heterocycles. The third-order valence-corrected chi connectivity index (χ3v) is 2.67. The van der Waals surface area contributed by atoms with Gasteiger partial charge in [0.15, 0.2) is 0 Å². The number of fused-ring (bicyclic) bond motifs is 1. The summed E-state index contributed by atoms with van der Waals surface area (Å²) in [5.41, 5.74) is 0.920. The van der Waals surface area contributed by atoms with Crippen LogP contribution in [0.25, 0.3) is 0 Å². The summed E-state index contributed by atoms with van der Waals surface area (Å²) in [6.07, 6.45) is 0. The van der Waals surface area contributed by atoms with Gasteiger partial charge in [0.25, 0.3) is 0 Å². The molecule has 0 atom stereocenters. The second kappa shape index (κ2) is 3.76. The van der Waals surface area contributed by atoms with E-state index in [1.54, 1.807) is 0 Å². The van der Waals surface area contributed by atoms with Crippen LogP contribution in [-0.2, 0) is 0 Å². The van der Waals surface area contributed by atoms with Gasteiger partial charge in [0.1, 0.15) is 11.5 Å². The van der Waals surface area contributed by atoms with Crippen molar-refractivity contribution in [2.24, 2.45) is 0 Å². The molecule has 0 fully saturated rings. The van der Waals surface area contributed by atoms with E-state index >= 15 is 0 Å². The van der Waals surface area contributed by atoms with Crippen LogP contribution in [0.4, 0.5) is 0 Å². The SMILES string of the molecule is Clc1cccc(B2Oc3ccccc3O2)c1. The lowest BCUT2D eigenvalue weighted by molar-refractivity contribution is 0.519. The first-order valence-electron chi connectivity index (χ1n) is 5.01. The Kier molecular flexibility index (Phi) is 2.26. The number of para-hydroxylation sites is 2. The molecule has 2 aromatic carbocycles. The highest BCUT2D eigenvalue weighted by Crippen LogP contribution is 2.32. The molecule has 16 heavy (non-hydrogen) atoms. The highest BCUT2D eigenvalue weighted by molar-refractivity contribution is 6.64. The summed E-state index contributed by atoms with van der Waals surface area (Å²) in [5.74, 6) is 1.54. The Morgan fingerprint density at radius 3 is 2.19 bits per heavy atom. The van der Waals surface area contributed by atoms with Crippen LogP contribution in [0.3, 0.4) is 0 Å². The minimum absolute atomic E-state index is 0.393. The molecule has 0 spiro atoms. The highest BCUT2D eigenvalue weighted by Gasteiger charge is 2.33. The summed E-state index contributed by atoms with van der Waals surface area (Å²) < 4.78 is 11.3. The van der Waals surface area contributed by atoms with E-state index in [1.807, 2.05) is 48.5 Å². The number of benzene rings is 2. The van der Waals surface area contributed by atoms with Gasteiger partial charge in [0.2, 0.25) is 0 Å². The first kappa shape index (κ1) is 9.61. The van der Waals surface area contributed by atoms with Gasteiger partial charge in [0.05, 0.1) is 0 Å². The average Bonchev–Trinajstić information content (AvgIpc) is 2.72. The fourth-order valence-corrected chi connectivity index (χ4v) is 1.89. The topological polar surface area (TPSA) is 18.5 Å². The van der Waals surface area contributed by atoms with Crippen molar-refractivity contribution < 1.29 is 9.31 Å². The van der Waals surface area contributed by atoms with E-state index in [2.05, 4.69) is 0 Å². The minimum Gasteiger partial charge on any atom is -0.519 e.